The number of fused-ring (bicyclic) bond motifs is 1. The molecule has 0 fully saturated rings. The Morgan fingerprint density at radius 3 is 2.32 bits per heavy atom. The van der Waals surface area contributed by atoms with Crippen molar-refractivity contribution in [2.45, 2.75) is 19.3 Å². The number of hydrogen-bond donors (Lipinski definition) is 1. The highest BCUT2D eigenvalue weighted by atomic mass is 16.5. The quantitative estimate of drug-likeness (QED) is 0.740. The van der Waals surface area contributed by atoms with Crippen LogP contribution in [0.4, 0.5) is 5.88 Å². The van der Waals surface area contributed by atoms with Gasteiger partial charge in [0.15, 0.2) is 5.78 Å². The van der Waals surface area contributed by atoms with E-state index in [-0.39, 0.29) is 11.7 Å². The zero-order chi connectivity index (χ0) is 17.2. The molecule has 0 unspecified atom stereocenters. The van der Waals surface area contributed by atoms with Gasteiger partial charge in [-0.2, -0.15) is 0 Å². The minimum atomic E-state index is -0.274. The van der Waals surface area contributed by atoms with E-state index in [1.165, 1.54) is 0 Å². The zero-order valence-corrected chi connectivity index (χ0v) is 13.5. The molecule has 5 nitrogen and oxygen atoms in total. The fraction of sp³-hybridized carbons (Fsp3) is 0.150. The van der Waals surface area contributed by atoms with Crippen molar-refractivity contribution in [3.05, 3.63) is 82.5 Å². The van der Waals surface area contributed by atoms with E-state index >= 15 is 0 Å². The number of rotatable bonds is 4. The molecule has 0 saturated heterocycles. The molecule has 0 bridgehead atoms. The van der Waals surface area contributed by atoms with Crippen molar-refractivity contribution in [3.63, 3.8) is 0 Å². The summed E-state index contributed by atoms with van der Waals surface area (Å²) in [6.07, 6.45) is 2.80. The highest BCUT2D eigenvalue weighted by Gasteiger charge is 2.22. The number of nitrogens with one attached hydrogen (secondary N) is 1. The highest BCUT2D eigenvalue weighted by Crippen LogP contribution is 2.28. The maximum atomic E-state index is 12.4. The monoisotopic (exact) mass is 332 g/mol. The molecule has 0 atom stereocenters. The van der Waals surface area contributed by atoms with E-state index in [2.05, 4.69) is 10.5 Å². The molecule has 4 rings (SSSR count). The van der Waals surface area contributed by atoms with Gasteiger partial charge in [0.05, 0.1) is 5.69 Å². The number of amides is 1. The van der Waals surface area contributed by atoms with Gasteiger partial charge in [0, 0.05) is 22.3 Å². The Hall–Kier alpha value is -3.21. The molecule has 1 aliphatic carbocycles. The van der Waals surface area contributed by atoms with Gasteiger partial charge in [0.2, 0.25) is 5.88 Å². The van der Waals surface area contributed by atoms with Gasteiger partial charge >= 0.3 is 0 Å². The normalized spacial score (nSPS) is 12.6. The van der Waals surface area contributed by atoms with Crippen LogP contribution in [0.3, 0.4) is 0 Å². The molecule has 1 N–H and O–H groups in total. The van der Waals surface area contributed by atoms with E-state index in [1.807, 2.05) is 18.2 Å². The van der Waals surface area contributed by atoms with E-state index in [4.69, 9.17) is 4.52 Å². The topological polar surface area (TPSA) is 72.2 Å². The minimum absolute atomic E-state index is 0.0689. The van der Waals surface area contributed by atoms with Crippen LogP contribution in [0.5, 0.6) is 0 Å². The van der Waals surface area contributed by atoms with Gasteiger partial charge in [-0.25, -0.2) is 0 Å². The first kappa shape index (κ1) is 15.3. The van der Waals surface area contributed by atoms with E-state index < -0.39 is 0 Å². The van der Waals surface area contributed by atoms with Gasteiger partial charge < -0.3 is 4.52 Å². The molecular weight excluding hydrogens is 316 g/mol. The Morgan fingerprint density at radius 2 is 1.56 bits per heavy atom. The lowest BCUT2D eigenvalue weighted by Crippen LogP contribution is -2.12. The van der Waals surface area contributed by atoms with Gasteiger partial charge in [-0.3, -0.25) is 14.9 Å². The number of aryl methyl sites for hydroxylation is 1. The standard InChI is InChI=1S/C20H16N2O3/c23-18(13-5-2-1-3-6-13)14-9-11-15(12-10-14)19(24)21-20-16-7-4-8-17(16)22-25-20/h1-3,5-6,9-12H,4,7-8H2,(H,21,24). The molecule has 0 aliphatic heterocycles. The number of carbonyl (C=O) groups is 2. The molecule has 1 amide bonds. The molecular formula is C20H16N2O3. The maximum absolute atomic E-state index is 12.4. The Labute approximate surface area is 144 Å². The number of benzene rings is 2. The van der Waals surface area contributed by atoms with Gasteiger partial charge in [0.1, 0.15) is 0 Å². The summed E-state index contributed by atoms with van der Waals surface area (Å²) in [6.45, 7) is 0. The first-order chi connectivity index (χ1) is 12.2. The predicted molar refractivity (Wildman–Crippen MR) is 92.8 cm³/mol. The summed E-state index contributed by atoms with van der Waals surface area (Å²) in [5.74, 6) is 0.0899. The van der Waals surface area contributed by atoms with Gasteiger partial charge in [0.25, 0.3) is 5.91 Å². The number of ketones is 1. The molecule has 2 aromatic carbocycles. The van der Waals surface area contributed by atoms with Crippen molar-refractivity contribution in [1.82, 2.24) is 5.16 Å². The lowest BCUT2D eigenvalue weighted by Gasteiger charge is -2.05. The second-order valence-corrected chi connectivity index (χ2v) is 6.02. The molecule has 1 aromatic heterocycles. The van der Waals surface area contributed by atoms with Crippen molar-refractivity contribution in [1.29, 1.82) is 0 Å². The third-order valence-corrected chi connectivity index (χ3v) is 4.38. The van der Waals surface area contributed by atoms with Crippen LogP contribution in [0.1, 0.15) is 44.0 Å². The Morgan fingerprint density at radius 1 is 0.880 bits per heavy atom. The molecule has 0 saturated carbocycles. The minimum Gasteiger partial charge on any atom is -0.338 e. The van der Waals surface area contributed by atoms with Crippen molar-refractivity contribution in [3.8, 4) is 0 Å². The average Bonchev–Trinajstić information content (AvgIpc) is 3.27. The summed E-state index contributed by atoms with van der Waals surface area (Å²) < 4.78 is 5.21. The summed E-state index contributed by atoms with van der Waals surface area (Å²) >= 11 is 0. The van der Waals surface area contributed by atoms with Crippen LogP contribution in [0.2, 0.25) is 0 Å². The number of nitrogens with zero attached hydrogens (tertiary/aromatic N) is 1. The first-order valence-electron chi connectivity index (χ1n) is 8.21. The number of carbonyl (C=O) groups excluding carboxylic acids is 2. The van der Waals surface area contributed by atoms with Gasteiger partial charge in [-0.15, -0.1) is 0 Å². The second kappa shape index (κ2) is 6.36. The average molecular weight is 332 g/mol. The Kier molecular flexibility index (Phi) is 3.90. The summed E-state index contributed by atoms with van der Waals surface area (Å²) in [5.41, 5.74) is 3.55. The molecule has 3 aromatic rings. The Bertz CT molecular complexity index is 927. The number of hydrogen-bond acceptors (Lipinski definition) is 4. The summed E-state index contributed by atoms with van der Waals surface area (Å²) in [6, 6.07) is 15.7. The molecule has 1 aliphatic rings. The zero-order valence-electron chi connectivity index (χ0n) is 13.5. The van der Waals surface area contributed by atoms with Crippen molar-refractivity contribution >= 4 is 17.6 Å². The van der Waals surface area contributed by atoms with Crippen LogP contribution >= 0.6 is 0 Å². The van der Waals surface area contributed by atoms with Crippen LogP contribution in [0.25, 0.3) is 0 Å². The smallest absolute Gasteiger partial charge is 0.258 e. The lowest BCUT2D eigenvalue weighted by atomic mass is 10.0. The van der Waals surface area contributed by atoms with E-state index in [0.29, 0.717) is 22.6 Å². The Balaban J connectivity index is 1.50. The number of aromatic nitrogens is 1. The van der Waals surface area contributed by atoms with Crippen LogP contribution < -0.4 is 5.32 Å². The lowest BCUT2D eigenvalue weighted by molar-refractivity contribution is 0.101. The predicted octanol–water partition coefficient (Wildman–Crippen LogP) is 3.65. The van der Waals surface area contributed by atoms with Gasteiger partial charge in [-0.1, -0.05) is 47.6 Å². The van der Waals surface area contributed by atoms with Crippen molar-refractivity contribution < 1.29 is 14.1 Å². The molecule has 124 valence electrons. The summed E-state index contributed by atoms with van der Waals surface area (Å²) in [4.78, 5) is 24.8. The van der Waals surface area contributed by atoms with Crippen molar-refractivity contribution in [2.24, 2.45) is 0 Å². The third kappa shape index (κ3) is 2.96. The number of anilines is 1. The second-order valence-electron chi connectivity index (χ2n) is 6.02. The molecule has 0 radical (unpaired) electrons. The molecule has 5 heteroatoms. The summed E-state index contributed by atoms with van der Waals surface area (Å²) in [7, 11) is 0. The molecule has 25 heavy (non-hydrogen) atoms. The highest BCUT2D eigenvalue weighted by molar-refractivity contribution is 6.10. The largest absolute Gasteiger partial charge is 0.338 e. The van der Waals surface area contributed by atoms with Crippen LogP contribution in [-0.2, 0) is 12.8 Å². The first-order valence-corrected chi connectivity index (χ1v) is 8.21. The molecule has 0 spiro atoms. The van der Waals surface area contributed by atoms with E-state index in [9.17, 15) is 9.59 Å². The fourth-order valence-corrected chi connectivity index (χ4v) is 3.03. The maximum Gasteiger partial charge on any atom is 0.258 e. The van der Waals surface area contributed by atoms with Crippen molar-refractivity contribution in [2.75, 3.05) is 5.32 Å². The van der Waals surface area contributed by atoms with Crippen LogP contribution in [-0.4, -0.2) is 16.8 Å². The third-order valence-electron chi connectivity index (χ3n) is 4.38. The SMILES string of the molecule is O=C(Nc1onc2c1CCC2)c1ccc(C(=O)c2ccccc2)cc1. The van der Waals surface area contributed by atoms with Gasteiger partial charge in [-0.05, 0) is 31.4 Å². The van der Waals surface area contributed by atoms with E-state index in [0.717, 1.165) is 30.5 Å². The van der Waals surface area contributed by atoms with Crippen LogP contribution in [0, 0.1) is 0 Å². The molecule has 1 heterocycles. The summed E-state index contributed by atoms with van der Waals surface area (Å²) in [5, 5.41) is 6.75. The fourth-order valence-electron chi connectivity index (χ4n) is 3.03. The van der Waals surface area contributed by atoms with E-state index in [1.54, 1.807) is 36.4 Å². The van der Waals surface area contributed by atoms with Crippen LogP contribution in [0.15, 0.2) is 59.1 Å².